The third kappa shape index (κ3) is 2.59. The van der Waals surface area contributed by atoms with Gasteiger partial charge in [0.05, 0.1) is 18.7 Å². The number of aromatic nitrogens is 2. The maximum Gasteiger partial charge on any atom is 0.312 e. The van der Waals surface area contributed by atoms with Crippen LogP contribution in [0.3, 0.4) is 0 Å². The average molecular weight is 299 g/mol. The summed E-state index contributed by atoms with van der Waals surface area (Å²) in [5, 5.41) is 9.43. The second-order valence-electron chi connectivity index (χ2n) is 5.54. The van der Waals surface area contributed by atoms with Gasteiger partial charge < -0.3 is 14.6 Å². The Balaban J connectivity index is 1.83. The van der Waals surface area contributed by atoms with Crippen molar-refractivity contribution in [3.63, 3.8) is 0 Å². The molecule has 0 saturated carbocycles. The summed E-state index contributed by atoms with van der Waals surface area (Å²) in [5.41, 5.74) is 2.52. The third-order valence-corrected chi connectivity index (χ3v) is 4.09. The van der Waals surface area contributed by atoms with E-state index in [2.05, 4.69) is 4.98 Å². The van der Waals surface area contributed by atoms with Crippen LogP contribution in [-0.2, 0) is 29.6 Å². The van der Waals surface area contributed by atoms with Crippen molar-refractivity contribution in [2.75, 3.05) is 6.54 Å². The number of benzene rings is 1. The van der Waals surface area contributed by atoms with Crippen LogP contribution >= 0.6 is 0 Å². The standard InChI is InChI=1S/C16H17N3O3/c1-18-10-17-7-12(18)6-15(20)19-8-11-4-2-3-5-13(11)14(9-19)16(21)22/h2-5,7,10,14H,6,8-9H2,1H3,(H,21,22). The maximum atomic E-state index is 12.5. The number of aryl methyl sites for hydroxylation is 1. The Bertz CT molecular complexity index is 723. The Hall–Kier alpha value is -2.63. The molecule has 1 aromatic carbocycles. The Labute approximate surface area is 128 Å². The lowest BCUT2D eigenvalue weighted by molar-refractivity contribution is -0.141. The number of hydrogen-bond donors (Lipinski definition) is 1. The normalized spacial score (nSPS) is 17.1. The average Bonchev–Trinajstić information content (AvgIpc) is 2.91. The van der Waals surface area contributed by atoms with Crippen LogP contribution in [0.1, 0.15) is 22.7 Å². The van der Waals surface area contributed by atoms with Gasteiger partial charge in [0.25, 0.3) is 0 Å². The van der Waals surface area contributed by atoms with Crippen LogP contribution in [0.4, 0.5) is 0 Å². The number of aliphatic carboxylic acids is 1. The Morgan fingerprint density at radius 1 is 1.36 bits per heavy atom. The van der Waals surface area contributed by atoms with E-state index in [0.29, 0.717) is 6.54 Å². The van der Waals surface area contributed by atoms with Crippen molar-refractivity contribution in [1.82, 2.24) is 14.5 Å². The lowest BCUT2D eigenvalue weighted by atomic mass is 9.89. The zero-order valence-corrected chi connectivity index (χ0v) is 12.3. The van der Waals surface area contributed by atoms with Crippen molar-refractivity contribution < 1.29 is 14.7 Å². The van der Waals surface area contributed by atoms with Gasteiger partial charge >= 0.3 is 5.97 Å². The van der Waals surface area contributed by atoms with E-state index in [-0.39, 0.29) is 18.9 Å². The van der Waals surface area contributed by atoms with E-state index in [4.69, 9.17) is 0 Å². The molecule has 1 N–H and O–H groups in total. The molecule has 3 rings (SSSR count). The zero-order chi connectivity index (χ0) is 15.7. The summed E-state index contributed by atoms with van der Waals surface area (Å²) in [6.07, 6.45) is 3.53. The van der Waals surface area contributed by atoms with Gasteiger partial charge in [-0.3, -0.25) is 9.59 Å². The first-order valence-electron chi connectivity index (χ1n) is 7.10. The van der Waals surface area contributed by atoms with Crippen LogP contribution in [0.5, 0.6) is 0 Å². The molecular weight excluding hydrogens is 282 g/mol. The number of imidazole rings is 1. The molecule has 0 spiro atoms. The summed E-state index contributed by atoms with van der Waals surface area (Å²) < 4.78 is 1.80. The molecule has 6 heteroatoms. The summed E-state index contributed by atoms with van der Waals surface area (Å²) in [6, 6.07) is 7.42. The highest BCUT2D eigenvalue weighted by Gasteiger charge is 2.32. The number of carboxylic acids is 1. The van der Waals surface area contributed by atoms with Crippen molar-refractivity contribution >= 4 is 11.9 Å². The minimum absolute atomic E-state index is 0.0793. The summed E-state index contributed by atoms with van der Waals surface area (Å²) >= 11 is 0. The van der Waals surface area contributed by atoms with Crippen LogP contribution in [0.15, 0.2) is 36.8 Å². The van der Waals surface area contributed by atoms with Crippen LogP contribution in [0, 0.1) is 0 Å². The van der Waals surface area contributed by atoms with E-state index >= 15 is 0 Å². The van der Waals surface area contributed by atoms with Crippen molar-refractivity contribution in [2.45, 2.75) is 18.9 Å². The zero-order valence-electron chi connectivity index (χ0n) is 12.3. The van der Waals surface area contributed by atoms with E-state index in [1.165, 1.54) is 0 Å². The molecule has 0 bridgehead atoms. The van der Waals surface area contributed by atoms with Gasteiger partial charge in [-0.25, -0.2) is 4.98 Å². The number of hydrogen-bond acceptors (Lipinski definition) is 3. The second-order valence-corrected chi connectivity index (χ2v) is 5.54. The van der Waals surface area contributed by atoms with Gasteiger partial charge in [-0.15, -0.1) is 0 Å². The Morgan fingerprint density at radius 2 is 2.14 bits per heavy atom. The fourth-order valence-corrected chi connectivity index (χ4v) is 2.83. The number of nitrogens with zero attached hydrogens (tertiary/aromatic N) is 3. The molecule has 1 aromatic heterocycles. The highest BCUT2D eigenvalue weighted by atomic mass is 16.4. The first kappa shape index (κ1) is 14.3. The molecule has 114 valence electrons. The molecule has 22 heavy (non-hydrogen) atoms. The summed E-state index contributed by atoms with van der Waals surface area (Å²) in [6.45, 7) is 0.666. The number of fused-ring (bicyclic) bond motifs is 1. The fourth-order valence-electron chi connectivity index (χ4n) is 2.83. The van der Waals surface area contributed by atoms with Gasteiger partial charge in [-0.05, 0) is 11.1 Å². The molecule has 1 aliphatic heterocycles. The minimum Gasteiger partial charge on any atom is -0.481 e. The summed E-state index contributed by atoms with van der Waals surface area (Å²) in [7, 11) is 1.83. The van der Waals surface area contributed by atoms with Gasteiger partial charge in [-0.1, -0.05) is 24.3 Å². The van der Waals surface area contributed by atoms with Crippen molar-refractivity contribution in [1.29, 1.82) is 0 Å². The van der Waals surface area contributed by atoms with Crippen LogP contribution < -0.4 is 0 Å². The van der Waals surface area contributed by atoms with Gasteiger partial charge in [0.15, 0.2) is 0 Å². The molecule has 1 aliphatic rings. The number of carboxylic acid groups (broad SMARTS) is 1. The molecule has 0 radical (unpaired) electrons. The molecule has 1 unspecified atom stereocenters. The molecule has 6 nitrogen and oxygen atoms in total. The van der Waals surface area contributed by atoms with Gasteiger partial charge in [0, 0.05) is 32.0 Å². The lowest BCUT2D eigenvalue weighted by Crippen LogP contribution is -2.41. The van der Waals surface area contributed by atoms with E-state index in [9.17, 15) is 14.7 Å². The number of amides is 1. The molecule has 2 aromatic rings. The van der Waals surface area contributed by atoms with E-state index in [0.717, 1.165) is 16.8 Å². The smallest absolute Gasteiger partial charge is 0.312 e. The van der Waals surface area contributed by atoms with Crippen molar-refractivity contribution in [2.24, 2.45) is 7.05 Å². The first-order chi connectivity index (χ1) is 10.6. The van der Waals surface area contributed by atoms with Crippen molar-refractivity contribution in [3.05, 3.63) is 53.6 Å². The van der Waals surface area contributed by atoms with E-state index in [1.807, 2.05) is 31.3 Å². The minimum atomic E-state index is -0.898. The van der Waals surface area contributed by atoms with E-state index in [1.54, 1.807) is 22.0 Å². The third-order valence-electron chi connectivity index (χ3n) is 4.09. The second kappa shape index (κ2) is 5.63. The molecule has 1 atom stereocenters. The number of rotatable bonds is 3. The van der Waals surface area contributed by atoms with Crippen LogP contribution in [-0.4, -0.2) is 38.0 Å². The molecular formula is C16H17N3O3. The largest absolute Gasteiger partial charge is 0.481 e. The van der Waals surface area contributed by atoms with Gasteiger partial charge in [-0.2, -0.15) is 0 Å². The number of carbonyl (C=O) groups is 2. The highest BCUT2D eigenvalue weighted by Crippen LogP contribution is 2.28. The maximum absolute atomic E-state index is 12.5. The first-order valence-corrected chi connectivity index (χ1v) is 7.10. The number of carbonyl (C=O) groups excluding carboxylic acids is 1. The molecule has 0 fully saturated rings. The van der Waals surface area contributed by atoms with E-state index < -0.39 is 11.9 Å². The SMILES string of the molecule is Cn1cncc1CC(=O)N1Cc2ccccc2C(C(=O)O)C1. The quantitative estimate of drug-likeness (QED) is 0.923. The molecule has 1 amide bonds. The molecule has 2 heterocycles. The van der Waals surface area contributed by atoms with Crippen LogP contribution in [0.25, 0.3) is 0 Å². The summed E-state index contributed by atoms with van der Waals surface area (Å²) in [4.78, 5) is 29.6. The molecule has 0 saturated heterocycles. The van der Waals surface area contributed by atoms with Gasteiger partial charge in [0.1, 0.15) is 0 Å². The predicted octanol–water partition coefficient (Wildman–Crippen LogP) is 1.17. The fraction of sp³-hybridized carbons (Fsp3) is 0.312. The Morgan fingerprint density at radius 3 is 2.82 bits per heavy atom. The lowest BCUT2D eigenvalue weighted by Gasteiger charge is -2.32. The van der Waals surface area contributed by atoms with Crippen LogP contribution in [0.2, 0.25) is 0 Å². The predicted molar refractivity (Wildman–Crippen MR) is 79.1 cm³/mol. The monoisotopic (exact) mass is 299 g/mol. The molecule has 0 aliphatic carbocycles. The van der Waals surface area contributed by atoms with Gasteiger partial charge in [0.2, 0.25) is 5.91 Å². The summed E-state index contributed by atoms with van der Waals surface area (Å²) in [5.74, 6) is -1.64. The topological polar surface area (TPSA) is 75.4 Å². The van der Waals surface area contributed by atoms with Crippen molar-refractivity contribution in [3.8, 4) is 0 Å². The Kier molecular flexibility index (Phi) is 3.66. The highest BCUT2D eigenvalue weighted by molar-refractivity contribution is 5.82.